The zero-order valence-corrected chi connectivity index (χ0v) is 7.88. The fourth-order valence-electron chi connectivity index (χ4n) is 1.46. The van der Waals surface area contributed by atoms with Gasteiger partial charge in [-0.1, -0.05) is 12.7 Å². The van der Waals surface area contributed by atoms with Crippen LogP contribution in [0, 0.1) is 0 Å². The van der Waals surface area contributed by atoms with Crippen LogP contribution in [-0.2, 0) is 0 Å². The number of nitrogens with zero attached hydrogens (tertiary/aromatic N) is 2. The largest absolute Gasteiger partial charge is 0.302 e. The summed E-state index contributed by atoms with van der Waals surface area (Å²) in [4.78, 5) is 6.33. The van der Waals surface area contributed by atoms with Crippen molar-refractivity contribution < 1.29 is 0 Å². The molecule has 0 fully saturated rings. The minimum Gasteiger partial charge on any atom is -0.302 e. The summed E-state index contributed by atoms with van der Waals surface area (Å²) >= 11 is 0. The average Bonchev–Trinajstić information content (AvgIpc) is 2.05. The number of hydrogen-bond acceptors (Lipinski definition) is 2. The van der Waals surface area contributed by atoms with E-state index >= 15 is 0 Å². The molecule has 2 heteroatoms. The lowest BCUT2D eigenvalue weighted by molar-refractivity contribution is 0.356. The summed E-state index contributed by atoms with van der Waals surface area (Å²) in [5, 5.41) is 0. The summed E-state index contributed by atoms with van der Waals surface area (Å²) in [6.45, 7) is 5.93. The molecule has 0 saturated carbocycles. The Kier molecular flexibility index (Phi) is 3.23. The monoisotopic (exact) mass is 164 g/mol. The van der Waals surface area contributed by atoms with Gasteiger partial charge in [-0.25, -0.2) is 0 Å². The van der Waals surface area contributed by atoms with Crippen LogP contribution in [0.4, 0.5) is 0 Å². The molecule has 0 spiro atoms. The standard InChI is InChI=1S/C10H16N2/c1-4-9-5-6-12(3)8-10(9)7-11-2/h4,7H,1,5-6,8H2,2-3H3. The molecule has 12 heavy (non-hydrogen) atoms. The van der Waals surface area contributed by atoms with Gasteiger partial charge >= 0.3 is 0 Å². The molecule has 1 rings (SSSR count). The highest BCUT2D eigenvalue weighted by Crippen LogP contribution is 2.15. The molecule has 0 bridgehead atoms. The summed E-state index contributed by atoms with van der Waals surface area (Å²) in [5.74, 6) is 0. The van der Waals surface area contributed by atoms with Crippen LogP contribution in [0.3, 0.4) is 0 Å². The van der Waals surface area contributed by atoms with Crippen LogP contribution in [0.15, 0.2) is 28.8 Å². The highest BCUT2D eigenvalue weighted by molar-refractivity contribution is 5.81. The van der Waals surface area contributed by atoms with Gasteiger partial charge in [-0.2, -0.15) is 0 Å². The van der Waals surface area contributed by atoms with Gasteiger partial charge in [0.25, 0.3) is 0 Å². The van der Waals surface area contributed by atoms with Crippen LogP contribution in [0.2, 0.25) is 0 Å². The molecule has 0 aromatic rings. The SMILES string of the molecule is C=CC1=C(C=NC)CN(C)CC1. The van der Waals surface area contributed by atoms with Gasteiger partial charge in [-0.3, -0.25) is 4.99 Å². The number of hydrogen-bond donors (Lipinski definition) is 0. The Balaban J connectivity index is 2.84. The van der Waals surface area contributed by atoms with Crippen molar-refractivity contribution in [1.82, 2.24) is 4.90 Å². The van der Waals surface area contributed by atoms with E-state index < -0.39 is 0 Å². The molecule has 0 radical (unpaired) electrons. The van der Waals surface area contributed by atoms with Crippen molar-refractivity contribution in [2.45, 2.75) is 6.42 Å². The molecular weight excluding hydrogens is 148 g/mol. The van der Waals surface area contributed by atoms with E-state index in [0.29, 0.717) is 0 Å². The van der Waals surface area contributed by atoms with Gasteiger partial charge in [-0.15, -0.1) is 0 Å². The molecule has 0 unspecified atom stereocenters. The van der Waals surface area contributed by atoms with Crippen molar-refractivity contribution >= 4 is 6.21 Å². The minimum absolute atomic E-state index is 0.999. The maximum Gasteiger partial charge on any atom is 0.0277 e. The summed E-state index contributed by atoms with van der Waals surface area (Å²) in [5.41, 5.74) is 2.65. The summed E-state index contributed by atoms with van der Waals surface area (Å²) in [6.07, 6.45) is 4.98. The zero-order chi connectivity index (χ0) is 8.97. The first kappa shape index (κ1) is 9.20. The van der Waals surface area contributed by atoms with E-state index in [2.05, 4.69) is 23.5 Å². The van der Waals surface area contributed by atoms with Crippen LogP contribution in [0.25, 0.3) is 0 Å². The topological polar surface area (TPSA) is 15.6 Å². The van der Waals surface area contributed by atoms with Crippen LogP contribution < -0.4 is 0 Å². The fourth-order valence-corrected chi connectivity index (χ4v) is 1.46. The van der Waals surface area contributed by atoms with Crippen molar-refractivity contribution in [1.29, 1.82) is 0 Å². The maximum atomic E-state index is 4.03. The van der Waals surface area contributed by atoms with Crippen molar-refractivity contribution in [2.24, 2.45) is 4.99 Å². The molecule has 1 aliphatic heterocycles. The van der Waals surface area contributed by atoms with Crippen LogP contribution in [0.1, 0.15) is 6.42 Å². The molecule has 1 heterocycles. The Morgan fingerprint density at radius 3 is 2.83 bits per heavy atom. The van der Waals surface area contributed by atoms with E-state index in [4.69, 9.17) is 0 Å². The van der Waals surface area contributed by atoms with Gasteiger partial charge in [0.1, 0.15) is 0 Å². The molecular formula is C10H16N2. The van der Waals surface area contributed by atoms with Gasteiger partial charge < -0.3 is 4.90 Å². The molecule has 66 valence electrons. The molecule has 0 saturated heterocycles. The summed E-state index contributed by atoms with van der Waals surface area (Å²) < 4.78 is 0. The Hall–Kier alpha value is -0.890. The highest BCUT2D eigenvalue weighted by atomic mass is 15.1. The van der Waals surface area contributed by atoms with E-state index in [-0.39, 0.29) is 0 Å². The Morgan fingerprint density at radius 1 is 1.50 bits per heavy atom. The first-order valence-electron chi connectivity index (χ1n) is 4.23. The van der Waals surface area contributed by atoms with E-state index in [9.17, 15) is 0 Å². The first-order chi connectivity index (χ1) is 5.77. The van der Waals surface area contributed by atoms with E-state index in [1.807, 2.05) is 19.3 Å². The predicted molar refractivity (Wildman–Crippen MR) is 53.8 cm³/mol. The molecule has 0 N–H and O–H groups in total. The Bertz CT molecular complexity index is 226. The second-order valence-electron chi connectivity index (χ2n) is 3.13. The van der Waals surface area contributed by atoms with E-state index in [1.54, 1.807) is 0 Å². The van der Waals surface area contributed by atoms with Crippen molar-refractivity contribution in [3.05, 3.63) is 23.8 Å². The predicted octanol–water partition coefficient (Wildman–Crippen LogP) is 1.51. The number of likely N-dealkylation sites (N-methyl/N-ethyl adjacent to an activating group) is 1. The quantitative estimate of drug-likeness (QED) is 0.565. The van der Waals surface area contributed by atoms with Gasteiger partial charge in [0.15, 0.2) is 0 Å². The van der Waals surface area contributed by atoms with Crippen LogP contribution in [-0.4, -0.2) is 38.3 Å². The number of rotatable bonds is 2. The Labute approximate surface area is 74.3 Å². The molecule has 0 aromatic carbocycles. The zero-order valence-electron chi connectivity index (χ0n) is 7.88. The molecule has 2 nitrogen and oxygen atoms in total. The number of aliphatic imine (C=N–C) groups is 1. The van der Waals surface area contributed by atoms with Gasteiger partial charge in [0.05, 0.1) is 0 Å². The molecule has 1 aliphatic rings. The fraction of sp³-hybridized carbons (Fsp3) is 0.500. The summed E-state index contributed by atoms with van der Waals surface area (Å²) in [6, 6.07) is 0. The lowest BCUT2D eigenvalue weighted by atomic mass is 10.0. The first-order valence-corrected chi connectivity index (χ1v) is 4.23. The molecule has 0 atom stereocenters. The lowest BCUT2D eigenvalue weighted by Crippen LogP contribution is -2.28. The number of allylic oxidation sites excluding steroid dienone is 1. The second-order valence-corrected chi connectivity index (χ2v) is 3.13. The summed E-state index contributed by atoms with van der Waals surface area (Å²) in [7, 11) is 3.94. The highest BCUT2D eigenvalue weighted by Gasteiger charge is 2.11. The smallest absolute Gasteiger partial charge is 0.0277 e. The third kappa shape index (κ3) is 2.05. The molecule has 0 aromatic heterocycles. The van der Waals surface area contributed by atoms with Gasteiger partial charge in [-0.05, 0) is 24.6 Å². The third-order valence-corrected chi connectivity index (χ3v) is 2.15. The third-order valence-electron chi connectivity index (χ3n) is 2.15. The second kappa shape index (κ2) is 4.21. The lowest BCUT2D eigenvalue weighted by Gasteiger charge is -2.24. The van der Waals surface area contributed by atoms with Crippen molar-refractivity contribution in [3.63, 3.8) is 0 Å². The molecule has 0 amide bonds. The van der Waals surface area contributed by atoms with Crippen LogP contribution >= 0.6 is 0 Å². The van der Waals surface area contributed by atoms with Crippen molar-refractivity contribution in [2.75, 3.05) is 27.2 Å². The van der Waals surface area contributed by atoms with Crippen LogP contribution in [0.5, 0.6) is 0 Å². The molecule has 0 aliphatic carbocycles. The normalized spacial score (nSPS) is 20.5. The minimum atomic E-state index is 0.999. The van der Waals surface area contributed by atoms with E-state index in [0.717, 1.165) is 19.5 Å². The average molecular weight is 164 g/mol. The van der Waals surface area contributed by atoms with Crippen molar-refractivity contribution in [3.8, 4) is 0 Å². The van der Waals surface area contributed by atoms with Gasteiger partial charge in [0.2, 0.25) is 0 Å². The maximum absolute atomic E-state index is 4.03. The van der Waals surface area contributed by atoms with Gasteiger partial charge in [0, 0.05) is 26.4 Å². The van der Waals surface area contributed by atoms with E-state index in [1.165, 1.54) is 11.1 Å². The Morgan fingerprint density at radius 2 is 2.25 bits per heavy atom.